The molecule has 1 aromatic carbocycles. The molecule has 0 aliphatic heterocycles. The Bertz CT molecular complexity index is 710. The average molecular weight is 330 g/mol. The van der Waals surface area contributed by atoms with Crippen molar-refractivity contribution in [3.8, 4) is 0 Å². The van der Waals surface area contributed by atoms with Crippen LogP contribution in [0, 0.1) is 0 Å². The minimum absolute atomic E-state index is 0.00570. The van der Waals surface area contributed by atoms with Gasteiger partial charge in [-0.05, 0) is 36.4 Å². The largest absolute Gasteiger partial charge is 0.481 e. The van der Waals surface area contributed by atoms with Gasteiger partial charge in [0.2, 0.25) is 10.0 Å². The van der Waals surface area contributed by atoms with Gasteiger partial charge in [-0.1, -0.05) is 11.6 Å². The van der Waals surface area contributed by atoms with E-state index < -0.39 is 28.5 Å². The zero-order valence-corrected chi connectivity index (χ0v) is 12.3. The Hall–Kier alpha value is -1.83. The number of carbonyl (C=O) groups is 1. The third kappa shape index (κ3) is 4.07. The molecular formula is C13H12ClNO5S. The van der Waals surface area contributed by atoms with Crippen LogP contribution in [0.15, 0.2) is 52.0 Å². The molecule has 0 aliphatic rings. The van der Waals surface area contributed by atoms with Gasteiger partial charge in [0.25, 0.3) is 0 Å². The smallest absolute Gasteiger partial charge is 0.305 e. The summed E-state index contributed by atoms with van der Waals surface area (Å²) in [5, 5.41) is 9.30. The number of aliphatic carboxylic acids is 1. The topological polar surface area (TPSA) is 96.6 Å². The zero-order valence-electron chi connectivity index (χ0n) is 10.7. The summed E-state index contributed by atoms with van der Waals surface area (Å²) < 4.78 is 31.9. The molecule has 1 aromatic heterocycles. The van der Waals surface area contributed by atoms with Crippen molar-refractivity contribution in [3.63, 3.8) is 0 Å². The van der Waals surface area contributed by atoms with Gasteiger partial charge in [0, 0.05) is 5.02 Å². The number of sulfonamides is 1. The van der Waals surface area contributed by atoms with Crippen LogP contribution in [0.1, 0.15) is 18.2 Å². The van der Waals surface area contributed by atoms with Crippen molar-refractivity contribution < 1.29 is 22.7 Å². The fourth-order valence-electron chi connectivity index (χ4n) is 1.73. The number of hydrogen-bond acceptors (Lipinski definition) is 4. The summed E-state index contributed by atoms with van der Waals surface area (Å²) in [6.45, 7) is 0. The van der Waals surface area contributed by atoms with E-state index in [1.165, 1.54) is 36.6 Å². The zero-order chi connectivity index (χ0) is 15.5. The van der Waals surface area contributed by atoms with E-state index in [2.05, 4.69) is 4.72 Å². The number of benzene rings is 1. The highest BCUT2D eigenvalue weighted by molar-refractivity contribution is 7.89. The van der Waals surface area contributed by atoms with Crippen molar-refractivity contribution in [1.82, 2.24) is 4.72 Å². The van der Waals surface area contributed by atoms with Crippen molar-refractivity contribution in [2.75, 3.05) is 0 Å². The Morgan fingerprint density at radius 3 is 2.48 bits per heavy atom. The van der Waals surface area contributed by atoms with Crippen LogP contribution < -0.4 is 4.72 Å². The summed E-state index contributed by atoms with van der Waals surface area (Å²) in [7, 11) is -3.88. The number of furan rings is 1. The molecule has 0 spiro atoms. The Morgan fingerprint density at radius 1 is 1.29 bits per heavy atom. The maximum Gasteiger partial charge on any atom is 0.305 e. The van der Waals surface area contributed by atoms with E-state index in [0.29, 0.717) is 5.02 Å². The molecule has 1 heterocycles. The van der Waals surface area contributed by atoms with Crippen molar-refractivity contribution in [3.05, 3.63) is 53.4 Å². The molecule has 0 radical (unpaired) electrons. The van der Waals surface area contributed by atoms with Gasteiger partial charge in [0.05, 0.1) is 23.6 Å². The van der Waals surface area contributed by atoms with E-state index in [4.69, 9.17) is 21.1 Å². The Morgan fingerprint density at radius 2 is 1.95 bits per heavy atom. The van der Waals surface area contributed by atoms with Crippen LogP contribution in [0.2, 0.25) is 5.02 Å². The molecule has 1 atom stereocenters. The summed E-state index contributed by atoms with van der Waals surface area (Å²) in [5.41, 5.74) is 0. The Labute approximate surface area is 126 Å². The van der Waals surface area contributed by atoms with Gasteiger partial charge < -0.3 is 9.52 Å². The van der Waals surface area contributed by atoms with Crippen LogP contribution in [-0.4, -0.2) is 19.5 Å². The third-order valence-corrected chi connectivity index (χ3v) is 4.43. The highest BCUT2D eigenvalue weighted by Crippen LogP contribution is 2.21. The summed E-state index contributed by atoms with van der Waals surface area (Å²) in [6.07, 6.45) is 0.918. The maximum atomic E-state index is 12.2. The predicted molar refractivity (Wildman–Crippen MR) is 75.5 cm³/mol. The molecule has 0 saturated carbocycles. The molecule has 6 nitrogen and oxygen atoms in total. The number of carboxylic acids is 1. The molecule has 0 aliphatic carbocycles. The lowest BCUT2D eigenvalue weighted by atomic mass is 10.2. The summed E-state index contributed by atoms with van der Waals surface area (Å²) in [4.78, 5) is 10.9. The Kier molecular flexibility index (Phi) is 4.66. The van der Waals surface area contributed by atoms with Gasteiger partial charge in [-0.25, -0.2) is 8.42 Å². The quantitative estimate of drug-likeness (QED) is 0.848. The van der Waals surface area contributed by atoms with Crippen molar-refractivity contribution >= 4 is 27.6 Å². The minimum Gasteiger partial charge on any atom is -0.481 e. The number of rotatable bonds is 6. The second-order valence-electron chi connectivity index (χ2n) is 4.24. The second-order valence-corrected chi connectivity index (χ2v) is 6.39. The van der Waals surface area contributed by atoms with Crippen LogP contribution in [0.3, 0.4) is 0 Å². The van der Waals surface area contributed by atoms with Gasteiger partial charge in [-0.3, -0.25) is 4.79 Å². The Balaban J connectivity index is 2.27. The van der Waals surface area contributed by atoms with E-state index in [1.54, 1.807) is 6.07 Å². The number of halogens is 1. The van der Waals surface area contributed by atoms with Gasteiger partial charge in [0.1, 0.15) is 5.76 Å². The molecule has 0 fully saturated rings. The molecule has 112 valence electrons. The van der Waals surface area contributed by atoms with Gasteiger partial charge in [-0.2, -0.15) is 4.72 Å². The molecule has 0 bridgehead atoms. The minimum atomic E-state index is -3.88. The van der Waals surface area contributed by atoms with E-state index in [9.17, 15) is 13.2 Å². The third-order valence-electron chi connectivity index (χ3n) is 2.69. The number of carboxylic acid groups (broad SMARTS) is 1. The van der Waals surface area contributed by atoms with E-state index in [-0.39, 0.29) is 10.7 Å². The summed E-state index contributed by atoms with van der Waals surface area (Å²) >= 11 is 5.71. The van der Waals surface area contributed by atoms with E-state index in [1.807, 2.05) is 0 Å². The van der Waals surface area contributed by atoms with Crippen molar-refractivity contribution in [2.45, 2.75) is 17.4 Å². The van der Waals surface area contributed by atoms with Crippen LogP contribution in [-0.2, 0) is 14.8 Å². The van der Waals surface area contributed by atoms with Crippen LogP contribution in [0.5, 0.6) is 0 Å². The standard InChI is InChI=1S/C13H12ClNO5S/c14-9-3-5-10(6-4-9)21(18,19)15-11(8-13(16)17)12-2-1-7-20-12/h1-7,11,15H,8H2,(H,16,17)/t11-/m1/s1. The fraction of sp³-hybridized carbons (Fsp3) is 0.154. The van der Waals surface area contributed by atoms with E-state index in [0.717, 1.165) is 0 Å². The molecular weight excluding hydrogens is 318 g/mol. The fourth-order valence-corrected chi connectivity index (χ4v) is 3.06. The molecule has 2 N–H and O–H groups in total. The van der Waals surface area contributed by atoms with Crippen LogP contribution in [0.25, 0.3) is 0 Å². The lowest BCUT2D eigenvalue weighted by Crippen LogP contribution is -2.30. The summed E-state index contributed by atoms with van der Waals surface area (Å²) in [6, 6.07) is 7.64. The van der Waals surface area contributed by atoms with Crippen molar-refractivity contribution in [2.24, 2.45) is 0 Å². The second kappa shape index (κ2) is 6.30. The molecule has 0 saturated heterocycles. The average Bonchev–Trinajstić information content (AvgIpc) is 2.91. The first kappa shape index (κ1) is 15.6. The maximum absolute atomic E-state index is 12.2. The monoisotopic (exact) mass is 329 g/mol. The first-order chi connectivity index (χ1) is 9.88. The predicted octanol–water partition coefficient (Wildman–Crippen LogP) is 2.43. The van der Waals surface area contributed by atoms with Crippen LogP contribution in [0.4, 0.5) is 0 Å². The molecule has 2 rings (SSSR count). The lowest BCUT2D eigenvalue weighted by molar-refractivity contribution is -0.137. The first-order valence-electron chi connectivity index (χ1n) is 5.91. The summed E-state index contributed by atoms with van der Waals surface area (Å²) in [5.74, 6) is -0.912. The van der Waals surface area contributed by atoms with E-state index >= 15 is 0 Å². The highest BCUT2D eigenvalue weighted by Gasteiger charge is 2.25. The lowest BCUT2D eigenvalue weighted by Gasteiger charge is -2.15. The molecule has 21 heavy (non-hydrogen) atoms. The number of nitrogens with one attached hydrogen (secondary N) is 1. The van der Waals surface area contributed by atoms with Gasteiger partial charge >= 0.3 is 5.97 Å². The van der Waals surface area contributed by atoms with Gasteiger partial charge in [-0.15, -0.1) is 0 Å². The molecule has 2 aromatic rings. The molecule has 8 heteroatoms. The van der Waals surface area contributed by atoms with Gasteiger partial charge in [0.15, 0.2) is 0 Å². The number of hydrogen-bond donors (Lipinski definition) is 2. The first-order valence-corrected chi connectivity index (χ1v) is 7.78. The SMILES string of the molecule is O=C(O)C[C@@H](NS(=O)(=O)c1ccc(Cl)cc1)c1ccco1. The van der Waals surface area contributed by atoms with Crippen molar-refractivity contribution in [1.29, 1.82) is 0 Å². The normalized spacial score (nSPS) is 13.0. The molecule has 0 amide bonds. The molecule has 0 unspecified atom stereocenters. The van der Waals surface area contributed by atoms with Crippen LogP contribution >= 0.6 is 11.6 Å². The highest BCUT2D eigenvalue weighted by atomic mass is 35.5.